The molecular formula is C26H29N5O3. The third-order valence-electron chi connectivity index (χ3n) is 5.86. The number of hydrogen-bond acceptors (Lipinski definition) is 5. The molecule has 1 amide bonds. The van der Waals surface area contributed by atoms with E-state index >= 15 is 0 Å². The summed E-state index contributed by atoms with van der Waals surface area (Å²) < 4.78 is 8.66. The molecule has 0 unspecified atom stereocenters. The molecule has 0 saturated heterocycles. The summed E-state index contributed by atoms with van der Waals surface area (Å²) in [6.45, 7) is 8.37. The lowest BCUT2D eigenvalue weighted by Crippen LogP contribution is -2.38. The van der Waals surface area contributed by atoms with Gasteiger partial charge in [0.25, 0.3) is 5.56 Å². The molecule has 8 nitrogen and oxygen atoms in total. The maximum absolute atomic E-state index is 13.4. The molecule has 8 heteroatoms. The average Bonchev–Trinajstić information content (AvgIpc) is 3.20. The monoisotopic (exact) mass is 459 g/mol. The van der Waals surface area contributed by atoms with Crippen LogP contribution in [0.3, 0.4) is 0 Å². The zero-order valence-electron chi connectivity index (χ0n) is 19.9. The zero-order valence-corrected chi connectivity index (χ0v) is 19.9. The first kappa shape index (κ1) is 23.2. The Morgan fingerprint density at radius 2 is 1.74 bits per heavy atom. The molecule has 0 fully saturated rings. The molecule has 0 saturated carbocycles. The SMILES string of the molecule is CCOc1ccccc1CNC(=O)[C@H](CC)n1nc(C)c2c(C)n(-c3ccccc3)nc2c1=O. The van der Waals surface area contributed by atoms with Crippen molar-refractivity contribution in [1.29, 1.82) is 0 Å². The van der Waals surface area contributed by atoms with Crippen LogP contribution in [0.2, 0.25) is 0 Å². The Bertz CT molecular complexity index is 1370. The molecule has 4 rings (SSSR count). The minimum Gasteiger partial charge on any atom is -0.494 e. The standard InChI is InChI=1S/C26H29N5O3/c1-5-21(25(32)27-16-19-12-10-11-15-22(19)34-6-2)31-26(33)24-23(17(3)28-31)18(4)30(29-24)20-13-8-7-9-14-20/h7-15,21H,5-6,16H2,1-4H3,(H,27,32)/t21-/m0/s1. The summed E-state index contributed by atoms with van der Waals surface area (Å²) in [5.41, 5.74) is 3.15. The molecule has 0 aliphatic rings. The van der Waals surface area contributed by atoms with Gasteiger partial charge in [-0.2, -0.15) is 10.2 Å². The third kappa shape index (κ3) is 4.31. The Balaban J connectivity index is 1.67. The molecule has 0 aliphatic carbocycles. The van der Waals surface area contributed by atoms with E-state index in [1.165, 1.54) is 4.68 Å². The van der Waals surface area contributed by atoms with Crippen LogP contribution in [-0.2, 0) is 11.3 Å². The molecule has 176 valence electrons. The van der Waals surface area contributed by atoms with Gasteiger partial charge in [0, 0.05) is 12.1 Å². The van der Waals surface area contributed by atoms with Gasteiger partial charge in [0.2, 0.25) is 5.91 Å². The van der Waals surface area contributed by atoms with Crippen molar-refractivity contribution in [2.75, 3.05) is 6.61 Å². The fourth-order valence-corrected chi connectivity index (χ4v) is 4.20. The molecule has 1 N–H and O–H groups in total. The number of hydrogen-bond donors (Lipinski definition) is 1. The molecule has 0 bridgehead atoms. The lowest BCUT2D eigenvalue weighted by atomic mass is 10.1. The van der Waals surface area contributed by atoms with Crippen molar-refractivity contribution >= 4 is 16.8 Å². The van der Waals surface area contributed by atoms with E-state index < -0.39 is 6.04 Å². The maximum Gasteiger partial charge on any atom is 0.295 e. The Morgan fingerprint density at radius 1 is 1.03 bits per heavy atom. The first-order valence-electron chi connectivity index (χ1n) is 11.5. The molecule has 0 aliphatic heterocycles. The molecule has 0 spiro atoms. The Labute approximate surface area is 198 Å². The summed E-state index contributed by atoms with van der Waals surface area (Å²) in [6, 6.07) is 16.5. The molecule has 4 aromatic rings. The Kier molecular flexibility index (Phi) is 6.77. The largest absolute Gasteiger partial charge is 0.494 e. The summed E-state index contributed by atoms with van der Waals surface area (Å²) in [7, 11) is 0. The van der Waals surface area contributed by atoms with Gasteiger partial charge in [0.1, 0.15) is 11.8 Å². The van der Waals surface area contributed by atoms with Crippen molar-refractivity contribution in [3.05, 3.63) is 81.9 Å². The second-order valence-electron chi connectivity index (χ2n) is 8.07. The highest BCUT2D eigenvalue weighted by atomic mass is 16.5. The van der Waals surface area contributed by atoms with Crippen molar-refractivity contribution in [3.8, 4) is 11.4 Å². The molecule has 34 heavy (non-hydrogen) atoms. The van der Waals surface area contributed by atoms with Crippen LogP contribution in [0, 0.1) is 13.8 Å². The van der Waals surface area contributed by atoms with E-state index in [0.717, 1.165) is 22.7 Å². The van der Waals surface area contributed by atoms with Gasteiger partial charge in [-0.05, 0) is 45.4 Å². The van der Waals surface area contributed by atoms with Gasteiger partial charge in [-0.1, -0.05) is 43.3 Å². The summed E-state index contributed by atoms with van der Waals surface area (Å²) in [5, 5.41) is 12.8. The lowest BCUT2D eigenvalue weighted by Gasteiger charge is -2.18. The molecule has 2 aromatic carbocycles. The first-order chi connectivity index (χ1) is 16.5. The van der Waals surface area contributed by atoms with E-state index in [2.05, 4.69) is 15.5 Å². The van der Waals surface area contributed by atoms with Gasteiger partial charge in [-0.25, -0.2) is 9.36 Å². The number of benzene rings is 2. The fraction of sp³-hybridized carbons (Fsp3) is 0.308. The number of aromatic nitrogens is 4. The van der Waals surface area contributed by atoms with Crippen molar-refractivity contribution < 1.29 is 9.53 Å². The predicted octanol–water partition coefficient (Wildman–Crippen LogP) is 3.87. The van der Waals surface area contributed by atoms with Crippen LogP contribution in [0.4, 0.5) is 0 Å². The van der Waals surface area contributed by atoms with Crippen molar-refractivity contribution in [2.24, 2.45) is 0 Å². The lowest BCUT2D eigenvalue weighted by molar-refractivity contribution is -0.125. The minimum absolute atomic E-state index is 0.277. The summed E-state index contributed by atoms with van der Waals surface area (Å²) in [4.78, 5) is 26.6. The Morgan fingerprint density at radius 3 is 2.44 bits per heavy atom. The van der Waals surface area contributed by atoms with E-state index in [1.54, 1.807) is 4.68 Å². The number of aryl methyl sites for hydroxylation is 2. The Hall–Kier alpha value is -3.94. The predicted molar refractivity (Wildman–Crippen MR) is 131 cm³/mol. The third-order valence-corrected chi connectivity index (χ3v) is 5.86. The summed E-state index contributed by atoms with van der Waals surface area (Å²) in [6.07, 6.45) is 0.412. The van der Waals surface area contributed by atoms with Crippen molar-refractivity contribution in [3.63, 3.8) is 0 Å². The quantitative estimate of drug-likeness (QED) is 0.432. The maximum atomic E-state index is 13.4. The highest BCUT2D eigenvalue weighted by molar-refractivity contribution is 5.84. The van der Waals surface area contributed by atoms with Gasteiger partial charge in [-0.3, -0.25) is 9.59 Å². The highest BCUT2D eigenvalue weighted by Gasteiger charge is 2.25. The number of fused-ring (bicyclic) bond motifs is 1. The van der Waals surface area contributed by atoms with Crippen molar-refractivity contribution in [2.45, 2.75) is 46.7 Å². The number of carbonyl (C=O) groups excluding carboxylic acids is 1. The van der Waals surface area contributed by atoms with Gasteiger partial charge >= 0.3 is 0 Å². The van der Waals surface area contributed by atoms with E-state index in [0.29, 0.717) is 36.2 Å². The summed E-state index contributed by atoms with van der Waals surface area (Å²) >= 11 is 0. The number of nitrogens with zero attached hydrogens (tertiary/aromatic N) is 4. The zero-order chi connectivity index (χ0) is 24.2. The van der Waals surface area contributed by atoms with Crippen LogP contribution < -0.4 is 15.6 Å². The van der Waals surface area contributed by atoms with Crippen LogP contribution in [0.1, 0.15) is 43.3 Å². The van der Waals surface area contributed by atoms with Gasteiger partial charge in [0.05, 0.1) is 29.1 Å². The number of amides is 1. The van der Waals surface area contributed by atoms with Gasteiger partial charge in [-0.15, -0.1) is 0 Å². The molecule has 1 atom stereocenters. The molecule has 2 aromatic heterocycles. The average molecular weight is 460 g/mol. The van der Waals surface area contributed by atoms with Crippen LogP contribution in [-0.4, -0.2) is 32.1 Å². The number of ether oxygens (including phenoxy) is 1. The van der Waals surface area contributed by atoms with Gasteiger partial charge in [0.15, 0.2) is 5.52 Å². The first-order valence-corrected chi connectivity index (χ1v) is 11.5. The second kappa shape index (κ2) is 9.91. The van der Waals surface area contributed by atoms with Crippen LogP contribution in [0.25, 0.3) is 16.6 Å². The van der Waals surface area contributed by atoms with E-state index in [-0.39, 0.29) is 11.5 Å². The number of carbonyl (C=O) groups is 1. The minimum atomic E-state index is -0.753. The van der Waals surface area contributed by atoms with Crippen LogP contribution in [0.15, 0.2) is 59.4 Å². The van der Waals surface area contributed by atoms with Crippen LogP contribution >= 0.6 is 0 Å². The summed E-state index contributed by atoms with van der Waals surface area (Å²) in [5.74, 6) is 0.453. The second-order valence-corrected chi connectivity index (χ2v) is 8.07. The smallest absolute Gasteiger partial charge is 0.295 e. The topological polar surface area (TPSA) is 91.0 Å². The number of nitrogens with one attached hydrogen (secondary N) is 1. The molecular weight excluding hydrogens is 430 g/mol. The van der Waals surface area contributed by atoms with E-state index in [1.807, 2.05) is 82.3 Å². The number of para-hydroxylation sites is 2. The van der Waals surface area contributed by atoms with Crippen molar-refractivity contribution in [1.82, 2.24) is 24.9 Å². The van der Waals surface area contributed by atoms with Crippen LogP contribution in [0.5, 0.6) is 5.75 Å². The normalized spacial score (nSPS) is 12.0. The number of rotatable bonds is 8. The van der Waals surface area contributed by atoms with Gasteiger partial charge < -0.3 is 10.1 Å². The fourth-order valence-electron chi connectivity index (χ4n) is 4.20. The molecule has 0 radical (unpaired) electrons. The van der Waals surface area contributed by atoms with E-state index in [9.17, 15) is 9.59 Å². The highest BCUT2D eigenvalue weighted by Crippen LogP contribution is 2.22. The van der Waals surface area contributed by atoms with E-state index in [4.69, 9.17) is 4.74 Å². The molecule has 2 heterocycles.